The van der Waals surface area contributed by atoms with E-state index in [0.717, 1.165) is 113 Å². The second-order valence-corrected chi connectivity index (χ2v) is 17.8. The van der Waals surface area contributed by atoms with Crippen LogP contribution in [-0.4, -0.2) is 22.2 Å². The van der Waals surface area contributed by atoms with Crippen LogP contribution in [0.25, 0.3) is 33.1 Å². The van der Waals surface area contributed by atoms with E-state index >= 15 is 0 Å². The minimum absolute atomic E-state index is 0.0623. The number of nitrogens with one attached hydrogen (secondary N) is 1. The maximum atomic E-state index is 5.71. The molecule has 0 aliphatic carbocycles. The molecule has 2 aromatic heterocycles. The summed E-state index contributed by atoms with van der Waals surface area (Å²) < 4.78 is 0. The van der Waals surface area contributed by atoms with Crippen LogP contribution in [0.2, 0.25) is 0 Å². The molecule has 11 aromatic rings. The molecule has 13 rings (SSSR count). The van der Waals surface area contributed by atoms with Crippen LogP contribution >= 0.6 is 0 Å². The fourth-order valence-electron chi connectivity index (χ4n) is 10.2. The van der Waals surface area contributed by atoms with Crippen LogP contribution < -0.4 is 24.9 Å². The predicted molar refractivity (Wildman–Crippen MR) is 296 cm³/mol. The Balaban J connectivity index is 1.09. The molecule has 2 aliphatic heterocycles. The number of hydrogen-bond acceptors (Lipinski definition) is 8. The van der Waals surface area contributed by atoms with E-state index in [1.807, 2.05) is 12.3 Å². The van der Waals surface area contributed by atoms with Crippen LogP contribution in [0.4, 0.5) is 79.8 Å². The minimum atomic E-state index is 0.0623. The zero-order valence-electron chi connectivity index (χ0n) is 38.9. The average molecular weight is 915 g/mol. The van der Waals surface area contributed by atoms with Gasteiger partial charge in [-0.15, -0.1) is 0 Å². The van der Waals surface area contributed by atoms with Gasteiger partial charge in [-0.3, -0.25) is 9.89 Å². The number of anilines is 13. The lowest BCUT2D eigenvalue weighted by Crippen LogP contribution is -2.25. The third kappa shape index (κ3) is 7.37. The van der Waals surface area contributed by atoms with E-state index in [1.54, 1.807) is 0 Å². The van der Waals surface area contributed by atoms with Gasteiger partial charge in [0.2, 0.25) is 0 Å². The summed E-state index contributed by atoms with van der Waals surface area (Å²) in [5.74, 6) is 0.758. The summed E-state index contributed by atoms with van der Waals surface area (Å²) in [5.41, 5.74) is 16.6. The van der Waals surface area contributed by atoms with E-state index in [0.29, 0.717) is 0 Å². The number of hydrogen-bond donors (Lipinski definition) is 1. The van der Waals surface area contributed by atoms with Gasteiger partial charge < -0.3 is 20.0 Å². The van der Waals surface area contributed by atoms with E-state index in [4.69, 9.17) is 15.0 Å². The van der Waals surface area contributed by atoms with Crippen molar-refractivity contribution in [2.75, 3.05) is 24.9 Å². The van der Waals surface area contributed by atoms with Crippen molar-refractivity contribution < 1.29 is 0 Å². The number of pyridine rings is 2. The third-order valence-corrected chi connectivity index (χ3v) is 13.3. The maximum Gasteiger partial charge on any atom is 0.138 e. The lowest BCUT2D eigenvalue weighted by molar-refractivity contribution is 1.06. The Hall–Kier alpha value is -9.53. The van der Waals surface area contributed by atoms with Gasteiger partial charge in [0.15, 0.2) is 0 Å². The van der Waals surface area contributed by atoms with Gasteiger partial charge in [-0.2, -0.15) is 0 Å². The van der Waals surface area contributed by atoms with Crippen molar-refractivity contribution in [1.82, 2.24) is 9.97 Å². The van der Waals surface area contributed by atoms with Crippen molar-refractivity contribution in [2.45, 2.75) is 13.0 Å². The summed E-state index contributed by atoms with van der Waals surface area (Å²) in [5, 5.41) is 5.63. The Morgan fingerprint density at radius 3 is 1.39 bits per heavy atom. The standard InChI is InChI=1S/C63H46N8/c1-43-42-64-60-52-35-39-59(67-63(52)62-53(61(60)65-43)34-36-54(66-62)44-20-8-2-9-21-44)71-55-37-32-50(68(45-22-10-3-11-23-45)46-24-12-4-13-25-46)40-57(55)70(49-30-18-7-19-31-49)58-41-51(33-38-56(58)71)69(47-26-14-5-15-27-47)48-28-16-6-17-29-48/h2-43,65H,1H3. The molecule has 71 heavy (non-hydrogen) atoms. The van der Waals surface area contributed by atoms with Gasteiger partial charge in [-0.25, -0.2) is 9.97 Å². The van der Waals surface area contributed by atoms with Crippen molar-refractivity contribution in [2.24, 2.45) is 4.99 Å². The smallest absolute Gasteiger partial charge is 0.138 e. The van der Waals surface area contributed by atoms with Crippen LogP contribution in [0, 0.1) is 0 Å². The molecule has 8 heteroatoms. The summed E-state index contributed by atoms with van der Waals surface area (Å²) in [4.78, 5) is 25.5. The molecule has 338 valence electrons. The number of aliphatic imine (C=N–C) groups is 1. The molecule has 1 unspecified atom stereocenters. The molecule has 8 nitrogen and oxygen atoms in total. The second kappa shape index (κ2) is 17.5. The highest BCUT2D eigenvalue weighted by atomic mass is 15.3. The number of aromatic nitrogens is 2. The summed E-state index contributed by atoms with van der Waals surface area (Å²) in [6, 6.07) is 85.6. The fourth-order valence-corrected chi connectivity index (χ4v) is 10.2. The summed E-state index contributed by atoms with van der Waals surface area (Å²) in [7, 11) is 0. The van der Waals surface area contributed by atoms with Crippen LogP contribution in [-0.2, 0) is 0 Å². The first-order valence-electron chi connectivity index (χ1n) is 24.0. The quantitative estimate of drug-likeness (QED) is 0.145. The Morgan fingerprint density at radius 1 is 0.408 bits per heavy atom. The number of nitrogens with zero attached hydrogens (tertiary/aromatic N) is 7. The molecule has 1 atom stereocenters. The first kappa shape index (κ1) is 41.6. The van der Waals surface area contributed by atoms with Crippen molar-refractivity contribution in [3.8, 4) is 11.3 Å². The lowest BCUT2D eigenvalue weighted by Gasteiger charge is -2.41. The van der Waals surface area contributed by atoms with E-state index in [9.17, 15) is 0 Å². The van der Waals surface area contributed by atoms with Gasteiger partial charge in [0, 0.05) is 62.4 Å². The molecule has 0 spiro atoms. The van der Waals surface area contributed by atoms with Gasteiger partial charge in [0.05, 0.1) is 51.4 Å². The van der Waals surface area contributed by atoms with Gasteiger partial charge >= 0.3 is 0 Å². The largest absolute Gasteiger partial charge is 0.375 e. The normalized spacial score (nSPS) is 13.6. The SMILES string of the molecule is CC1C=Nc2c(c3ccc(-c4ccccc4)nc3c3nc(N4c5ccc(N(c6ccccc6)c6ccccc6)cc5N(c5ccccc5)c5cc(N(c6ccccc6)c6ccccc6)ccc54)ccc23)N1. The lowest BCUT2D eigenvalue weighted by atomic mass is 10.0. The monoisotopic (exact) mass is 914 g/mol. The summed E-state index contributed by atoms with van der Waals surface area (Å²) in [6.07, 6.45) is 1.97. The van der Waals surface area contributed by atoms with Crippen molar-refractivity contribution in [3.63, 3.8) is 0 Å². The Labute approximate surface area is 412 Å². The van der Waals surface area contributed by atoms with E-state index < -0.39 is 0 Å². The van der Waals surface area contributed by atoms with Gasteiger partial charge in [-0.1, -0.05) is 121 Å². The molecule has 9 aromatic carbocycles. The Bertz CT molecular complexity index is 3550. The van der Waals surface area contributed by atoms with Gasteiger partial charge in [0.1, 0.15) is 11.3 Å². The van der Waals surface area contributed by atoms with Crippen molar-refractivity contribution in [3.05, 3.63) is 243 Å². The molecule has 0 amide bonds. The summed E-state index contributed by atoms with van der Waals surface area (Å²) in [6.45, 7) is 2.12. The molecule has 0 saturated carbocycles. The van der Waals surface area contributed by atoms with Crippen LogP contribution in [0.15, 0.2) is 248 Å². The highest BCUT2D eigenvalue weighted by Crippen LogP contribution is 2.57. The topological polar surface area (TPSA) is 63.1 Å². The van der Waals surface area contributed by atoms with Crippen molar-refractivity contribution >= 4 is 108 Å². The second-order valence-electron chi connectivity index (χ2n) is 17.8. The number of benzene rings is 9. The number of para-hydroxylation sites is 5. The Kier molecular flexibility index (Phi) is 10.3. The maximum absolute atomic E-state index is 5.71. The van der Waals surface area contributed by atoms with E-state index in [1.165, 1.54) is 0 Å². The highest BCUT2D eigenvalue weighted by molar-refractivity contribution is 6.19. The minimum Gasteiger partial charge on any atom is -0.375 e. The third-order valence-electron chi connectivity index (χ3n) is 13.3. The van der Waals surface area contributed by atoms with Crippen LogP contribution in [0.3, 0.4) is 0 Å². The zero-order chi connectivity index (χ0) is 47.3. The van der Waals surface area contributed by atoms with Gasteiger partial charge in [-0.05, 0) is 128 Å². The predicted octanol–water partition coefficient (Wildman–Crippen LogP) is 17.2. The first-order chi connectivity index (χ1) is 35.1. The first-order valence-corrected chi connectivity index (χ1v) is 24.0. The summed E-state index contributed by atoms with van der Waals surface area (Å²) >= 11 is 0. The van der Waals surface area contributed by atoms with E-state index in [-0.39, 0.29) is 6.04 Å². The zero-order valence-corrected chi connectivity index (χ0v) is 38.9. The highest BCUT2D eigenvalue weighted by Gasteiger charge is 2.34. The Morgan fingerprint density at radius 2 is 0.873 bits per heavy atom. The fraction of sp³-hybridized carbons (Fsp3) is 0.0317. The molecular weight excluding hydrogens is 869 g/mol. The molecular formula is C63H46N8. The molecule has 1 N–H and O–H groups in total. The molecule has 0 radical (unpaired) electrons. The van der Waals surface area contributed by atoms with Gasteiger partial charge in [0.25, 0.3) is 0 Å². The molecule has 0 saturated heterocycles. The molecule has 4 heterocycles. The average Bonchev–Trinajstić information content (AvgIpc) is 3.44. The number of fused-ring (bicyclic) bond motifs is 8. The number of rotatable bonds is 9. The van der Waals surface area contributed by atoms with Crippen molar-refractivity contribution in [1.29, 1.82) is 0 Å². The van der Waals surface area contributed by atoms with Crippen LogP contribution in [0.1, 0.15) is 6.92 Å². The van der Waals surface area contributed by atoms with E-state index in [2.05, 4.69) is 268 Å². The van der Waals surface area contributed by atoms with Crippen LogP contribution in [0.5, 0.6) is 0 Å². The molecule has 0 bridgehead atoms. The molecule has 2 aliphatic rings. The molecule has 0 fully saturated rings.